The highest BCUT2D eigenvalue weighted by atomic mass is 79.9. The molecule has 170 valence electrons. The maximum Gasteiger partial charge on any atom is 0.345 e. The van der Waals surface area contributed by atoms with Crippen molar-refractivity contribution in [3.05, 3.63) is 99.3 Å². The third kappa shape index (κ3) is 4.10. The summed E-state index contributed by atoms with van der Waals surface area (Å²) in [6.07, 6.45) is -0.640. The van der Waals surface area contributed by atoms with Crippen molar-refractivity contribution in [1.82, 2.24) is 0 Å². The predicted molar refractivity (Wildman–Crippen MR) is 144 cm³/mol. The average molecular weight is 531 g/mol. The van der Waals surface area contributed by atoms with Crippen LogP contribution < -0.4 is 4.74 Å². The molecule has 0 spiro atoms. The summed E-state index contributed by atoms with van der Waals surface area (Å²) in [5, 5.41) is 13.3. The standard InChI is InChI=1S/C29H23BrO3S/c1-17-18(2)34-28-25(17)26(22-10-6-7-11-23(22)27(28)30)20-12-14-21(15-13-20)33-24(29(31)32)16-19-8-4-3-5-9-19/h3-15,24H,16H2,1-2H3,(H,31,32)/t24-/m1/s1. The molecule has 3 nitrogen and oxygen atoms in total. The Morgan fingerprint density at radius 1 is 0.941 bits per heavy atom. The Hall–Kier alpha value is -3.15. The zero-order chi connectivity index (χ0) is 23.8. The van der Waals surface area contributed by atoms with Gasteiger partial charge in [-0.25, -0.2) is 4.79 Å². The van der Waals surface area contributed by atoms with Crippen LogP contribution in [0.4, 0.5) is 0 Å². The van der Waals surface area contributed by atoms with E-state index in [1.807, 2.05) is 65.9 Å². The highest BCUT2D eigenvalue weighted by molar-refractivity contribution is 9.11. The van der Waals surface area contributed by atoms with Gasteiger partial charge in [0, 0.05) is 21.2 Å². The fraction of sp³-hybridized carbons (Fsp3) is 0.138. The predicted octanol–water partition coefficient (Wildman–Crippen LogP) is 8.18. The molecular weight excluding hydrogens is 508 g/mol. The maximum atomic E-state index is 11.8. The van der Waals surface area contributed by atoms with Gasteiger partial charge in [0.05, 0.1) is 4.70 Å². The van der Waals surface area contributed by atoms with E-state index < -0.39 is 12.1 Å². The summed E-state index contributed by atoms with van der Waals surface area (Å²) in [6.45, 7) is 4.34. The molecule has 0 bridgehead atoms. The molecule has 4 aromatic carbocycles. The lowest BCUT2D eigenvalue weighted by Crippen LogP contribution is -2.29. The first-order valence-corrected chi connectivity index (χ1v) is 12.7. The van der Waals surface area contributed by atoms with E-state index in [1.54, 1.807) is 0 Å². The number of aliphatic carboxylic acids is 1. The number of ether oxygens (including phenoxy) is 1. The molecule has 5 aromatic rings. The van der Waals surface area contributed by atoms with Crippen molar-refractivity contribution in [1.29, 1.82) is 0 Å². The van der Waals surface area contributed by atoms with Crippen molar-refractivity contribution < 1.29 is 14.6 Å². The number of rotatable bonds is 6. The molecule has 0 amide bonds. The Kier molecular flexibility index (Phi) is 6.15. The molecule has 1 N–H and O–H groups in total. The average Bonchev–Trinajstić information content (AvgIpc) is 3.15. The Balaban J connectivity index is 1.55. The Labute approximate surface area is 210 Å². The smallest absolute Gasteiger partial charge is 0.345 e. The summed E-state index contributed by atoms with van der Waals surface area (Å²) in [7, 11) is 0. The van der Waals surface area contributed by atoms with Crippen LogP contribution in [0.2, 0.25) is 0 Å². The topological polar surface area (TPSA) is 46.5 Å². The minimum atomic E-state index is -0.974. The second kappa shape index (κ2) is 9.24. The van der Waals surface area contributed by atoms with Gasteiger partial charge in [-0.15, -0.1) is 11.3 Å². The molecule has 1 atom stereocenters. The second-order valence-corrected chi connectivity index (χ2v) is 10.4. The zero-order valence-corrected chi connectivity index (χ0v) is 21.2. The number of benzene rings is 4. The van der Waals surface area contributed by atoms with Gasteiger partial charge in [0.2, 0.25) is 0 Å². The van der Waals surface area contributed by atoms with E-state index in [-0.39, 0.29) is 0 Å². The normalized spacial score (nSPS) is 12.2. The summed E-state index contributed by atoms with van der Waals surface area (Å²) in [4.78, 5) is 13.1. The highest BCUT2D eigenvalue weighted by Crippen LogP contribution is 2.47. The minimum absolute atomic E-state index is 0.309. The minimum Gasteiger partial charge on any atom is -0.478 e. The van der Waals surface area contributed by atoms with Crippen LogP contribution >= 0.6 is 27.3 Å². The van der Waals surface area contributed by atoms with Crippen LogP contribution in [-0.2, 0) is 11.2 Å². The molecule has 34 heavy (non-hydrogen) atoms. The zero-order valence-electron chi connectivity index (χ0n) is 18.8. The molecule has 0 aliphatic heterocycles. The molecular formula is C29H23BrO3S. The third-order valence-corrected chi connectivity index (χ3v) is 8.54. The number of carbonyl (C=O) groups is 1. The van der Waals surface area contributed by atoms with Gasteiger partial charge in [-0.2, -0.15) is 0 Å². The van der Waals surface area contributed by atoms with E-state index in [9.17, 15) is 9.90 Å². The lowest BCUT2D eigenvalue weighted by Gasteiger charge is -2.16. The first kappa shape index (κ1) is 22.6. The number of fused-ring (bicyclic) bond motifs is 2. The molecule has 1 heterocycles. The van der Waals surface area contributed by atoms with Gasteiger partial charge in [-0.3, -0.25) is 0 Å². The molecule has 0 radical (unpaired) electrons. The van der Waals surface area contributed by atoms with Gasteiger partial charge in [0.25, 0.3) is 0 Å². The van der Waals surface area contributed by atoms with Gasteiger partial charge in [0.15, 0.2) is 6.10 Å². The van der Waals surface area contributed by atoms with E-state index in [0.29, 0.717) is 12.2 Å². The molecule has 0 aliphatic rings. The first-order valence-electron chi connectivity index (χ1n) is 11.1. The molecule has 0 aliphatic carbocycles. The van der Waals surface area contributed by atoms with Crippen molar-refractivity contribution in [2.24, 2.45) is 0 Å². The van der Waals surface area contributed by atoms with Crippen molar-refractivity contribution in [3.8, 4) is 16.9 Å². The molecule has 0 saturated carbocycles. The monoisotopic (exact) mass is 530 g/mol. The molecule has 5 rings (SSSR count). The number of hydrogen-bond acceptors (Lipinski definition) is 3. The molecule has 0 unspecified atom stereocenters. The number of thiophene rings is 1. The quantitative estimate of drug-likeness (QED) is 0.240. The number of hydrogen-bond donors (Lipinski definition) is 1. The Morgan fingerprint density at radius 3 is 2.26 bits per heavy atom. The van der Waals surface area contributed by atoms with Gasteiger partial charge in [-0.05, 0) is 74.9 Å². The van der Waals surface area contributed by atoms with Crippen LogP contribution in [0.15, 0.2) is 83.3 Å². The highest BCUT2D eigenvalue weighted by Gasteiger charge is 2.21. The Morgan fingerprint density at radius 2 is 1.59 bits per heavy atom. The fourth-order valence-electron chi connectivity index (χ4n) is 4.40. The summed E-state index contributed by atoms with van der Waals surface area (Å²) in [5.41, 5.74) is 4.49. The van der Waals surface area contributed by atoms with Crippen LogP contribution in [0.5, 0.6) is 5.75 Å². The van der Waals surface area contributed by atoms with E-state index in [4.69, 9.17) is 4.74 Å². The van der Waals surface area contributed by atoms with E-state index in [2.05, 4.69) is 54.0 Å². The van der Waals surface area contributed by atoms with Crippen LogP contribution in [0.3, 0.4) is 0 Å². The summed E-state index contributed by atoms with van der Waals surface area (Å²) in [6, 6.07) is 25.8. The van der Waals surface area contributed by atoms with Crippen molar-refractivity contribution in [2.45, 2.75) is 26.4 Å². The van der Waals surface area contributed by atoms with Gasteiger partial charge < -0.3 is 9.84 Å². The fourth-order valence-corrected chi connectivity index (χ4v) is 6.31. The lowest BCUT2D eigenvalue weighted by molar-refractivity contribution is -0.145. The SMILES string of the molecule is Cc1sc2c(Br)c3ccccc3c(-c3ccc(O[C@H](Cc4ccccc4)C(=O)O)cc3)c2c1C. The van der Waals surface area contributed by atoms with Crippen molar-refractivity contribution in [2.75, 3.05) is 0 Å². The number of aryl methyl sites for hydroxylation is 2. The molecule has 5 heteroatoms. The van der Waals surface area contributed by atoms with Crippen molar-refractivity contribution >= 4 is 54.1 Å². The van der Waals surface area contributed by atoms with E-state index >= 15 is 0 Å². The Bertz CT molecular complexity index is 1500. The maximum absolute atomic E-state index is 11.8. The van der Waals surface area contributed by atoms with Crippen LogP contribution in [-0.4, -0.2) is 17.2 Å². The van der Waals surface area contributed by atoms with Crippen LogP contribution in [0.1, 0.15) is 16.0 Å². The number of carboxylic acids is 1. The van der Waals surface area contributed by atoms with E-state index in [0.717, 1.165) is 15.6 Å². The lowest BCUT2D eigenvalue weighted by atomic mass is 9.93. The largest absolute Gasteiger partial charge is 0.478 e. The summed E-state index contributed by atoms with van der Waals surface area (Å²) in [5.74, 6) is -0.430. The first-order chi connectivity index (χ1) is 16.4. The summed E-state index contributed by atoms with van der Waals surface area (Å²) < 4.78 is 8.27. The van der Waals surface area contributed by atoms with Gasteiger partial charge >= 0.3 is 5.97 Å². The third-order valence-electron chi connectivity index (χ3n) is 6.23. The second-order valence-electron chi connectivity index (χ2n) is 8.38. The van der Waals surface area contributed by atoms with Crippen molar-refractivity contribution in [3.63, 3.8) is 0 Å². The van der Waals surface area contributed by atoms with Gasteiger partial charge in [0.1, 0.15) is 5.75 Å². The molecule has 0 fully saturated rings. The van der Waals surface area contributed by atoms with Crippen LogP contribution in [0, 0.1) is 13.8 Å². The molecule has 0 saturated heterocycles. The van der Waals surface area contributed by atoms with Crippen LogP contribution in [0.25, 0.3) is 32.0 Å². The van der Waals surface area contributed by atoms with E-state index in [1.165, 1.54) is 36.9 Å². The van der Waals surface area contributed by atoms with Gasteiger partial charge in [-0.1, -0.05) is 66.7 Å². The number of halogens is 1. The summed E-state index contributed by atoms with van der Waals surface area (Å²) >= 11 is 5.66. The number of carboxylic acid groups (broad SMARTS) is 1. The molecule has 1 aromatic heterocycles.